The number of carbonyl (C=O) groups is 2. The molecule has 5 nitrogen and oxygen atoms in total. The summed E-state index contributed by atoms with van der Waals surface area (Å²) in [6.07, 6.45) is 0. The van der Waals surface area contributed by atoms with Crippen LogP contribution in [0.2, 0.25) is 5.02 Å². The van der Waals surface area contributed by atoms with E-state index in [9.17, 15) is 9.59 Å². The van der Waals surface area contributed by atoms with Gasteiger partial charge < -0.3 is 15.4 Å². The number of amides is 2. The maximum atomic E-state index is 12.5. The van der Waals surface area contributed by atoms with E-state index in [1.54, 1.807) is 6.07 Å². The first kappa shape index (κ1) is 17.3. The first-order valence-corrected chi connectivity index (χ1v) is 7.80. The smallest absolute Gasteiger partial charge is 0.259 e. The molecule has 0 saturated carbocycles. The maximum Gasteiger partial charge on any atom is 0.259 e. The fourth-order valence-electron chi connectivity index (χ4n) is 1.94. The Hall–Kier alpha value is -2.05. The van der Waals surface area contributed by atoms with E-state index in [1.165, 1.54) is 26.2 Å². The van der Waals surface area contributed by atoms with Gasteiger partial charge in [0.05, 0.1) is 29.1 Å². The molecule has 0 atom stereocenters. The highest BCUT2D eigenvalue weighted by Crippen LogP contribution is 2.32. The summed E-state index contributed by atoms with van der Waals surface area (Å²) in [4.78, 5) is 23.6. The zero-order chi connectivity index (χ0) is 17.0. The van der Waals surface area contributed by atoms with Gasteiger partial charge in [-0.3, -0.25) is 9.59 Å². The molecule has 2 rings (SSSR count). The first-order chi connectivity index (χ1) is 10.9. The predicted octanol–water partition coefficient (Wildman–Crippen LogP) is 4.32. The van der Waals surface area contributed by atoms with Crippen molar-refractivity contribution in [1.82, 2.24) is 0 Å². The Morgan fingerprint density at radius 2 is 1.83 bits per heavy atom. The Morgan fingerprint density at radius 1 is 1.13 bits per heavy atom. The summed E-state index contributed by atoms with van der Waals surface area (Å²) in [7, 11) is 1.44. The van der Waals surface area contributed by atoms with E-state index in [2.05, 4.69) is 26.6 Å². The number of methoxy groups -OCH3 is 1. The van der Waals surface area contributed by atoms with Gasteiger partial charge in [-0.25, -0.2) is 0 Å². The van der Waals surface area contributed by atoms with Gasteiger partial charge in [0.15, 0.2) is 0 Å². The minimum absolute atomic E-state index is 0.248. The fraction of sp³-hybridized carbons (Fsp3) is 0.125. The lowest BCUT2D eigenvalue weighted by Crippen LogP contribution is -2.14. The average Bonchev–Trinajstić information content (AvgIpc) is 2.50. The number of para-hydroxylation sites is 1. The van der Waals surface area contributed by atoms with Gasteiger partial charge in [-0.15, -0.1) is 0 Å². The third-order valence-corrected chi connectivity index (χ3v) is 3.97. The molecule has 0 aliphatic heterocycles. The number of rotatable bonds is 4. The van der Waals surface area contributed by atoms with Crippen molar-refractivity contribution in [3.8, 4) is 5.75 Å². The lowest BCUT2D eigenvalue weighted by molar-refractivity contribution is -0.114. The van der Waals surface area contributed by atoms with E-state index in [0.717, 1.165) is 4.47 Å². The molecule has 7 heteroatoms. The molecule has 2 amide bonds. The number of carbonyl (C=O) groups excluding carboxylic acids is 2. The standard InChI is InChI=1S/C16H14BrClN2O3/c1-9(21)19-14-8-15(23-2)10(7-12(14)18)16(22)20-13-6-4-3-5-11(13)17/h3-8H,1-2H3,(H,19,21)(H,20,22). The van der Waals surface area contributed by atoms with E-state index in [4.69, 9.17) is 16.3 Å². The highest BCUT2D eigenvalue weighted by molar-refractivity contribution is 9.10. The molecule has 2 N–H and O–H groups in total. The van der Waals surface area contributed by atoms with Gasteiger partial charge in [-0.1, -0.05) is 23.7 Å². The summed E-state index contributed by atoms with van der Waals surface area (Å²) in [5, 5.41) is 5.61. The van der Waals surface area contributed by atoms with Gasteiger partial charge in [0.25, 0.3) is 5.91 Å². The molecule has 0 fully saturated rings. The van der Waals surface area contributed by atoms with Crippen LogP contribution in [0.5, 0.6) is 5.75 Å². The van der Waals surface area contributed by atoms with Crippen LogP contribution in [-0.2, 0) is 4.79 Å². The van der Waals surface area contributed by atoms with Crippen LogP contribution in [0.25, 0.3) is 0 Å². The minimum Gasteiger partial charge on any atom is -0.496 e. The third-order valence-electron chi connectivity index (χ3n) is 2.97. The van der Waals surface area contributed by atoms with Crippen LogP contribution >= 0.6 is 27.5 Å². The quantitative estimate of drug-likeness (QED) is 0.807. The van der Waals surface area contributed by atoms with Gasteiger partial charge in [0.1, 0.15) is 5.75 Å². The molecule has 0 radical (unpaired) electrons. The van der Waals surface area contributed by atoms with Crippen molar-refractivity contribution in [3.05, 3.63) is 51.5 Å². The number of nitrogens with one attached hydrogen (secondary N) is 2. The first-order valence-electron chi connectivity index (χ1n) is 6.63. The predicted molar refractivity (Wildman–Crippen MR) is 94.4 cm³/mol. The molecule has 120 valence electrons. The van der Waals surface area contributed by atoms with E-state index < -0.39 is 0 Å². The van der Waals surface area contributed by atoms with E-state index >= 15 is 0 Å². The number of halogens is 2. The van der Waals surface area contributed by atoms with Gasteiger partial charge in [-0.05, 0) is 34.1 Å². The van der Waals surface area contributed by atoms with E-state index in [1.807, 2.05) is 18.2 Å². The lowest BCUT2D eigenvalue weighted by atomic mass is 10.1. The second-order valence-electron chi connectivity index (χ2n) is 4.65. The van der Waals surface area contributed by atoms with Crippen molar-refractivity contribution in [1.29, 1.82) is 0 Å². The average molecular weight is 398 g/mol. The van der Waals surface area contributed by atoms with Crippen LogP contribution in [0.15, 0.2) is 40.9 Å². The SMILES string of the molecule is COc1cc(NC(C)=O)c(Cl)cc1C(=O)Nc1ccccc1Br. The molecule has 23 heavy (non-hydrogen) atoms. The van der Waals surface area contributed by atoms with Gasteiger partial charge >= 0.3 is 0 Å². The Bertz CT molecular complexity index is 765. The van der Waals surface area contributed by atoms with Crippen LogP contribution in [0.1, 0.15) is 17.3 Å². The Kier molecular flexibility index (Phi) is 5.63. The molecule has 2 aromatic carbocycles. The number of benzene rings is 2. The highest BCUT2D eigenvalue weighted by atomic mass is 79.9. The summed E-state index contributed by atoms with van der Waals surface area (Å²) in [5.74, 6) is -0.327. The van der Waals surface area contributed by atoms with Crippen LogP contribution in [0.4, 0.5) is 11.4 Å². The molecule has 0 heterocycles. The maximum absolute atomic E-state index is 12.5. The topological polar surface area (TPSA) is 67.4 Å². The lowest BCUT2D eigenvalue weighted by Gasteiger charge is -2.13. The molecule has 0 unspecified atom stereocenters. The zero-order valence-corrected chi connectivity index (χ0v) is 14.8. The van der Waals surface area contributed by atoms with Crippen molar-refractivity contribution in [3.63, 3.8) is 0 Å². The zero-order valence-electron chi connectivity index (χ0n) is 12.4. The molecular formula is C16H14BrClN2O3. The van der Waals surface area contributed by atoms with Gasteiger partial charge in [0, 0.05) is 17.5 Å². The Labute approximate surface area is 147 Å². The Morgan fingerprint density at radius 3 is 2.43 bits per heavy atom. The second kappa shape index (κ2) is 7.48. The van der Waals surface area contributed by atoms with Gasteiger partial charge in [0.2, 0.25) is 5.91 Å². The van der Waals surface area contributed by atoms with E-state index in [-0.39, 0.29) is 22.4 Å². The largest absolute Gasteiger partial charge is 0.496 e. The van der Waals surface area contributed by atoms with Crippen LogP contribution in [0, 0.1) is 0 Å². The fourth-order valence-corrected chi connectivity index (χ4v) is 2.53. The molecule has 0 aromatic heterocycles. The van der Waals surface area contributed by atoms with Crippen molar-refractivity contribution < 1.29 is 14.3 Å². The summed E-state index contributed by atoms with van der Waals surface area (Å²) >= 11 is 9.49. The molecule has 0 aliphatic carbocycles. The Balaban J connectivity index is 2.35. The summed E-state index contributed by atoms with van der Waals surface area (Å²) in [5.41, 5.74) is 1.28. The highest BCUT2D eigenvalue weighted by Gasteiger charge is 2.17. The van der Waals surface area contributed by atoms with Gasteiger partial charge in [-0.2, -0.15) is 0 Å². The van der Waals surface area contributed by atoms with E-state index in [0.29, 0.717) is 17.1 Å². The second-order valence-corrected chi connectivity index (χ2v) is 5.91. The number of ether oxygens (including phenoxy) is 1. The molecular weight excluding hydrogens is 384 g/mol. The van der Waals surface area contributed by atoms with Crippen LogP contribution < -0.4 is 15.4 Å². The van der Waals surface area contributed by atoms with Crippen molar-refractivity contribution in [2.24, 2.45) is 0 Å². The molecule has 0 aliphatic rings. The number of hydrogen-bond acceptors (Lipinski definition) is 3. The van der Waals surface area contributed by atoms with Crippen LogP contribution in [-0.4, -0.2) is 18.9 Å². The van der Waals surface area contributed by atoms with Crippen molar-refractivity contribution in [2.75, 3.05) is 17.7 Å². The number of hydrogen-bond donors (Lipinski definition) is 2. The summed E-state index contributed by atoms with van der Waals surface area (Å²) in [6.45, 7) is 1.37. The summed E-state index contributed by atoms with van der Waals surface area (Å²) < 4.78 is 5.99. The van der Waals surface area contributed by atoms with Crippen LogP contribution in [0.3, 0.4) is 0 Å². The monoisotopic (exact) mass is 396 g/mol. The summed E-state index contributed by atoms with van der Waals surface area (Å²) in [6, 6.07) is 10.2. The van der Waals surface area contributed by atoms with Crippen molar-refractivity contribution in [2.45, 2.75) is 6.92 Å². The number of anilines is 2. The molecule has 0 bridgehead atoms. The molecule has 0 spiro atoms. The molecule has 0 saturated heterocycles. The molecule has 2 aromatic rings. The third kappa shape index (κ3) is 4.24. The normalized spacial score (nSPS) is 10.1. The van der Waals surface area contributed by atoms with Crippen molar-refractivity contribution >= 4 is 50.7 Å². The minimum atomic E-state index is -0.370.